The molecule has 0 spiro atoms. The first-order chi connectivity index (χ1) is 8.19. The van der Waals surface area contributed by atoms with E-state index in [2.05, 4.69) is 41.6 Å². The molecule has 1 aromatic heterocycles. The number of thiazole rings is 1. The van der Waals surface area contributed by atoms with Crippen LogP contribution in [-0.2, 0) is 6.42 Å². The molecule has 2 nitrogen and oxygen atoms in total. The molecule has 2 N–H and O–H groups in total. The summed E-state index contributed by atoms with van der Waals surface area (Å²) < 4.78 is 0. The first-order valence-electron chi connectivity index (χ1n) is 5.86. The van der Waals surface area contributed by atoms with Crippen LogP contribution in [0.25, 0.3) is 0 Å². The smallest absolute Gasteiger partial charge is 0.0975 e. The van der Waals surface area contributed by atoms with E-state index < -0.39 is 0 Å². The summed E-state index contributed by atoms with van der Waals surface area (Å²) in [4.78, 5) is 4.53. The van der Waals surface area contributed by atoms with Crippen LogP contribution < -0.4 is 5.73 Å². The second-order valence-electron chi connectivity index (χ2n) is 4.45. The number of aryl methyl sites for hydroxylation is 2. The first-order valence-corrected chi connectivity index (χ1v) is 6.74. The minimum atomic E-state index is 0.344. The van der Waals surface area contributed by atoms with E-state index in [-0.39, 0.29) is 0 Å². The van der Waals surface area contributed by atoms with Crippen molar-refractivity contribution in [3.05, 3.63) is 51.5 Å². The van der Waals surface area contributed by atoms with Gasteiger partial charge in [-0.1, -0.05) is 29.8 Å². The summed E-state index contributed by atoms with van der Waals surface area (Å²) in [6, 6.07) is 8.66. The van der Waals surface area contributed by atoms with E-state index in [9.17, 15) is 0 Å². The Morgan fingerprint density at radius 2 is 1.94 bits per heavy atom. The lowest BCUT2D eigenvalue weighted by Crippen LogP contribution is -2.14. The average molecular weight is 246 g/mol. The first kappa shape index (κ1) is 12.3. The lowest BCUT2D eigenvalue weighted by molar-refractivity contribution is 0.687. The quantitative estimate of drug-likeness (QED) is 0.900. The number of nitrogens with two attached hydrogens (primary N) is 1. The molecule has 0 radical (unpaired) electrons. The maximum atomic E-state index is 5.86. The number of hydrogen-bond donors (Lipinski definition) is 1. The average Bonchev–Trinajstić information content (AvgIpc) is 2.75. The Hall–Kier alpha value is -1.19. The molecule has 0 saturated carbocycles. The molecule has 17 heavy (non-hydrogen) atoms. The van der Waals surface area contributed by atoms with Gasteiger partial charge >= 0.3 is 0 Å². The summed E-state index contributed by atoms with van der Waals surface area (Å²) in [6.45, 7) is 4.79. The highest BCUT2D eigenvalue weighted by Crippen LogP contribution is 2.23. The zero-order chi connectivity index (χ0) is 12.3. The fourth-order valence-electron chi connectivity index (χ4n) is 1.84. The minimum absolute atomic E-state index is 0.344. The number of benzene rings is 1. The summed E-state index contributed by atoms with van der Waals surface area (Å²) >= 11 is 1.71. The lowest BCUT2D eigenvalue weighted by Gasteiger charge is -2.12. The van der Waals surface area contributed by atoms with Crippen molar-refractivity contribution in [3.8, 4) is 0 Å². The van der Waals surface area contributed by atoms with Gasteiger partial charge in [-0.2, -0.15) is 0 Å². The van der Waals surface area contributed by atoms with Gasteiger partial charge in [-0.15, -0.1) is 11.3 Å². The van der Waals surface area contributed by atoms with Gasteiger partial charge in [-0.05, 0) is 25.8 Å². The standard InChI is InChI=1S/C14H18N2S/c1-10-3-5-12(6-4-10)7-13(8-15)14-16-11(2)9-17-14/h3-6,9,13H,7-8,15H2,1-2H3. The van der Waals surface area contributed by atoms with Gasteiger partial charge in [0.15, 0.2) is 0 Å². The molecule has 0 aliphatic heterocycles. The van der Waals surface area contributed by atoms with Gasteiger partial charge in [-0.3, -0.25) is 0 Å². The Kier molecular flexibility index (Phi) is 3.92. The van der Waals surface area contributed by atoms with Crippen LogP contribution in [0.4, 0.5) is 0 Å². The van der Waals surface area contributed by atoms with Crippen molar-refractivity contribution in [1.29, 1.82) is 0 Å². The second-order valence-corrected chi connectivity index (χ2v) is 5.34. The molecular formula is C14H18N2S. The number of rotatable bonds is 4. The van der Waals surface area contributed by atoms with Crippen LogP contribution in [-0.4, -0.2) is 11.5 Å². The van der Waals surface area contributed by atoms with Gasteiger partial charge in [0.2, 0.25) is 0 Å². The molecule has 1 aromatic carbocycles. The molecule has 0 bridgehead atoms. The third-order valence-corrected chi connectivity index (χ3v) is 4.00. The maximum Gasteiger partial charge on any atom is 0.0975 e. The summed E-state index contributed by atoms with van der Waals surface area (Å²) in [5.74, 6) is 0.344. The monoisotopic (exact) mass is 246 g/mol. The van der Waals surface area contributed by atoms with Crippen LogP contribution in [0.1, 0.15) is 27.7 Å². The third-order valence-electron chi connectivity index (χ3n) is 2.87. The molecule has 2 aromatic rings. The van der Waals surface area contributed by atoms with Gasteiger partial charge in [0, 0.05) is 23.5 Å². The second kappa shape index (κ2) is 5.43. The summed E-state index contributed by atoms with van der Waals surface area (Å²) in [5, 5.41) is 3.25. The van der Waals surface area contributed by atoms with Gasteiger partial charge in [-0.25, -0.2) is 4.98 Å². The van der Waals surface area contributed by atoms with E-state index in [0.717, 1.165) is 17.1 Å². The van der Waals surface area contributed by atoms with Crippen molar-refractivity contribution in [2.24, 2.45) is 5.73 Å². The molecule has 0 amide bonds. The van der Waals surface area contributed by atoms with Crippen LogP contribution in [0.15, 0.2) is 29.6 Å². The highest BCUT2D eigenvalue weighted by atomic mass is 32.1. The van der Waals surface area contributed by atoms with Crippen molar-refractivity contribution < 1.29 is 0 Å². The number of aromatic nitrogens is 1. The molecular weight excluding hydrogens is 228 g/mol. The Morgan fingerprint density at radius 1 is 1.24 bits per heavy atom. The molecule has 3 heteroatoms. The molecule has 0 saturated heterocycles. The zero-order valence-corrected chi connectivity index (χ0v) is 11.1. The predicted molar refractivity (Wildman–Crippen MR) is 73.5 cm³/mol. The Morgan fingerprint density at radius 3 is 2.47 bits per heavy atom. The van der Waals surface area contributed by atoms with Crippen molar-refractivity contribution in [2.75, 3.05) is 6.54 Å². The number of nitrogens with zero attached hydrogens (tertiary/aromatic N) is 1. The molecule has 0 fully saturated rings. The molecule has 0 aliphatic carbocycles. The van der Waals surface area contributed by atoms with E-state index in [0.29, 0.717) is 12.5 Å². The number of hydrogen-bond acceptors (Lipinski definition) is 3. The molecule has 1 heterocycles. The summed E-state index contributed by atoms with van der Waals surface area (Å²) in [5.41, 5.74) is 9.58. The van der Waals surface area contributed by atoms with Crippen LogP contribution in [0.2, 0.25) is 0 Å². The fourth-order valence-corrected chi connectivity index (χ4v) is 2.75. The molecule has 1 atom stereocenters. The normalized spacial score (nSPS) is 12.6. The van der Waals surface area contributed by atoms with Crippen LogP contribution in [0.5, 0.6) is 0 Å². The third kappa shape index (κ3) is 3.14. The predicted octanol–water partition coefficient (Wildman–Crippen LogP) is 3.04. The molecule has 1 unspecified atom stereocenters. The highest BCUT2D eigenvalue weighted by Gasteiger charge is 2.13. The molecule has 90 valence electrons. The van der Waals surface area contributed by atoms with E-state index in [4.69, 9.17) is 5.73 Å². The van der Waals surface area contributed by atoms with E-state index in [1.807, 2.05) is 6.92 Å². The minimum Gasteiger partial charge on any atom is -0.330 e. The van der Waals surface area contributed by atoms with Crippen molar-refractivity contribution in [1.82, 2.24) is 4.98 Å². The van der Waals surface area contributed by atoms with E-state index in [1.165, 1.54) is 11.1 Å². The van der Waals surface area contributed by atoms with E-state index in [1.54, 1.807) is 11.3 Å². The summed E-state index contributed by atoms with van der Waals surface area (Å²) in [6.07, 6.45) is 0.976. The van der Waals surface area contributed by atoms with Gasteiger partial charge < -0.3 is 5.73 Å². The maximum absolute atomic E-state index is 5.86. The van der Waals surface area contributed by atoms with Crippen molar-refractivity contribution in [2.45, 2.75) is 26.2 Å². The van der Waals surface area contributed by atoms with Crippen molar-refractivity contribution in [3.63, 3.8) is 0 Å². The molecule has 2 rings (SSSR count). The fraction of sp³-hybridized carbons (Fsp3) is 0.357. The van der Waals surface area contributed by atoms with Gasteiger partial charge in [0.05, 0.1) is 5.01 Å². The summed E-state index contributed by atoms with van der Waals surface area (Å²) in [7, 11) is 0. The SMILES string of the molecule is Cc1ccc(CC(CN)c2nc(C)cs2)cc1. The van der Waals surface area contributed by atoms with Gasteiger partial charge in [0.25, 0.3) is 0 Å². The van der Waals surface area contributed by atoms with Crippen LogP contribution in [0, 0.1) is 13.8 Å². The van der Waals surface area contributed by atoms with E-state index >= 15 is 0 Å². The molecule has 0 aliphatic rings. The largest absolute Gasteiger partial charge is 0.330 e. The van der Waals surface area contributed by atoms with Gasteiger partial charge in [0.1, 0.15) is 0 Å². The Labute approximate surface area is 107 Å². The highest BCUT2D eigenvalue weighted by molar-refractivity contribution is 7.09. The lowest BCUT2D eigenvalue weighted by atomic mass is 9.99. The zero-order valence-electron chi connectivity index (χ0n) is 10.3. The Bertz CT molecular complexity index is 473. The van der Waals surface area contributed by atoms with Crippen LogP contribution in [0.3, 0.4) is 0 Å². The Balaban J connectivity index is 2.12. The topological polar surface area (TPSA) is 38.9 Å². The van der Waals surface area contributed by atoms with Crippen molar-refractivity contribution >= 4 is 11.3 Å². The van der Waals surface area contributed by atoms with Crippen LogP contribution >= 0.6 is 11.3 Å².